The predicted octanol–water partition coefficient (Wildman–Crippen LogP) is 3.16. The molecular weight excluding hydrogens is 435 g/mol. The Balaban J connectivity index is 2.11. The molecule has 0 aliphatic carbocycles. The van der Waals surface area contributed by atoms with Crippen LogP contribution in [-0.4, -0.2) is 10.5 Å². The monoisotopic (exact) mass is 446 g/mol. The standard InChI is InChI=1S/C14H12BrIN2O2/c1-9-2-4-11(6-12(9)16)17-13(19)8-18-7-10(15)3-5-14(18)20/h2-7H,8H2,1H3,(H,17,19). The van der Waals surface area contributed by atoms with Crippen molar-refractivity contribution in [2.24, 2.45) is 0 Å². The van der Waals surface area contributed by atoms with Gasteiger partial charge in [-0.15, -0.1) is 0 Å². The van der Waals surface area contributed by atoms with Gasteiger partial charge >= 0.3 is 0 Å². The Morgan fingerprint density at radius 3 is 2.80 bits per heavy atom. The summed E-state index contributed by atoms with van der Waals surface area (Å²) in [6.07, 6.45) is 1.60. The molecule has 20 heavy (non-hydrogen) atoms. The number of pyridine rings is 1. The largest absolute Gasteiger partial charge is 0.325 e. The fourth-order valence-electron chi connectivity index (χ4n) is 1.65. The molecule has 0 unspecified atom stereocenters. The first-order chi connectivity index (χ1) is 9.45. The second-order valence-corrected chi connectivity index (χ2v) is 6.40. The summed E-state index contributed by atoms with van der Waals surface area (Å²) < 4.78 is 3.20. The quantitative estimate of drug-likeness (QED) is 0.736. The first-order valence-electron chi connectivity index (χ1n) is 5.88. The smallest absolute Gasteiger partial charge is 0.251 e. The van der Waals surface area contributed by atoms with E-state index in [2.05, 4.69) is 43.8 Å². The second kappa shape index (κ2) is 6.53. The zero-order chi connectivity index (χ0) is 14.7. The van der Waals surface area contributed by atoms with Gasteiger partial charge in [-0.2, -0.15) is 0 Å². The molecule has 0 aliphatic rings. The van der Waals surface area contributed by atoms with Gasteiger partial charge in [-0.25, -0.2) is 0 Å². The van der Waals surface area contributed by atoms with E-state index in [-0.39, 0.29) is 18.0 Å². The highest BCUT2D eigenvalue weighted by Crippen LogP contribution is 2.17. The van der Waals surface area contributed by atoms with E-state index >= 15 is 0 Å². The molecule has 1 N–H and O–H groups in total. The number of rotatable bonds is 3. The second-order valence-electron chi connectivity index (χ2n) is 4.33. The van der Waals surface area contributed by atoms with E-state index in [1.807, 2.05) is 25.1 Å². The SMILES string of the molecule is Cc1ccc(NC(=O)Cn2cc(Br)ccc2=O)cc1I. The van der Waals surface area contributed by atoms with Crippen LogP contribution in [-0.2, 0) is 11.3 Å². The van der Waals surface area contributed by atoms with E-state index in [1.54, 1.807) is 12.3 Å². The Morgan fingerprint density at radius 2 is 2.10 bits per heavy atom. The van der Waals surface area contributed by atoms with Crippen molar-refractivity contribution in [1.29, 1.82) is 0 Å². The van der Waals surface area contributed by atoms with Gasteiger partial charge in [0.05, 0.1) is 0 Å². The number of amides is 1. The van der Waals surface area contributed by atoms with E-state index in [1.165, 1.54) is 10.6 Å². The lowest BCUT2D eigenvalue weighted by molar-refractivity contribution is -0.116. The van der Waals surface area contributed by atoms with Crippen molar-refractivity contribution < 1.29 is 4.79 Å². The van der Waals surface area contributed by atoms with Crippen LogP contribution in [0.25, 0.3) is 0 Å². The van der Waals surface area contributed by atoms with E-state index in [0.29, 0.717) is 0 Å². The number of benzene rings is 1. The fraction of sp³-hybridized carbons (Fsp3) is 0.143. The van der Waals surface area contributed by atoms with E-state index in [0.717, 1.165) is 19.3 Å². The summed E-state index contributed by atoms with van der Waals surface area (Å²) in [6, 6.07) is 8.77. The molecule has 0 saturated carbocycles. The summed E-state index contributed by atoms with van der Waals surface area (Å²) in [5.74, 6) is -0.232. The number of anilines is 1. The number of hydrogen-bond acceptors (Lipinski definition) is 2. The fourth-order valence-corrected chi connectivity index (χ4v) is 2.55. The molecule has 0 fully saturated rings. The van der Waals surface area contributed by atoms with Crippen LogP contribution in [0.5, 0.6) is 0 Å². The van der Waals surface area contributed by atoms with Gasteiger partial charge in [0, 0.05) is 26.0 Å². The Hall–Kier alpha value is -1.15. The summed E-state index contributed by atoms with van der Waals surface area (Å²) in [4.78, 5) is 23.6. The molecule has 0 radical (unpaired) electrons. The van der Waals surface area contributed by atoms with Gasteiger partial charge in [0.2, 0.25) is 5.91 Å². The Morgan fingerprint density at radius 1 is 1.35 bits per heavy atom. The van der Waals surface area contributed by atoms with Crippen LogP contribution in [0.1, 0.15) is 5.56 Å². The van der Waals surface area contributed by atoms with Crippen LogP contribution >= 0.6 is 38.5 Å². The summed E-state index contributed by atoms with van der Waals surface area (Å²) in [5.41, 5.74) is 1.68. The van der Waals surface area contributed by atoms with Crippen LogP contribution in [0.4, 0.5) is 5.69 Å². The van der Waals surface area contributed by atoms with Crippen molar-refractivity contribution in [1.82, 2.24) is 4.57 Å². The van der Waals surface area contributed by atoms with Gasteiger partial charge in [0.25, 0.3) is 5.56 Å². The molecule has 0 atom stereocenters. The van der Waals surface area contributed by atoms with Crippen molar-refractivity contribution >= 4 is 50.1 Å². The zero-order valence-electron chi connectivity index (χ0n) is 10.7. The zero-order valence-corrected chi connectivity index (χ0v) is 14.4. The van der Waals surface area contributed by atoms with Crippen molar-refractivity contribution in [2.75, 3.05) is 5.32 Å². The topological polar surface area (TPSA) is 51.1 Å². The summed E-state index contributed by atoms with van der Waals surface area (Å²) >= 11 is 5.50. The highest BCUT2D eigenvalue weighted by Gasteiger charge is 2.06. The first kappa shape index (κ1) is 15.2. The molecule has 0 spiro atoms. The molecule has 4 nitrogen and oxygen atoms in total. The van der Waals surface area contributed by atoms with Crippen molar-refractivity contribution in [3.8, 4) is 0 Å². The number of nitrogens with one attached hydrogen (secondary N) is 1. The number of aromatic nitrogens is 1. The lowest BCUT2D eigenvalue weighted by atomic mass is 10.2. The molecule has 1 heterocycles. The lowest BCUT2D eigenvalue weighted by Crippen LogP contribution is -2.26. The van der Waals surface area contributed by atoms with Crippen LogP contribution < -0.4 is 10.9 Å². The summed E-state index contributed by atoms with van der Waals surface area (Å²) in [5, 5.41) is 2.79. The third-order valence-electron chi connectivity index (χ3n) is 2.72. The van der Waals surface area contributed by atoms with E-state index < -0.39 is 0 Å². The molecule has 0 aliphatic heterocycles. The van der Waals surface area contributed by atoms with Gasteiger partial charge < -0.3 is 9.88 Å². The van der Waals surface area contributed by atoms with Crippen LogP contribution in [0.15, 0.2) is 45.8 Å². The first-order valence-corrected chi connectivity index (χ1v) is 7.75. The Kier molecular flexibility index (Phi) is 4.98. The molecule has 2 aromatic rings. The van der Waals surface area contributed by atoms with Gasteiger partial charge in [-0.05, 0) is 69.2 Å². The maximum absolute atomic E-state index is 12.0. The maximum atomic E-state index is 12.0. The maximum Gasteiger partial charge on any atom is 0.251 e. The van der Waals surface area contributed by atoms with Crippen LogP contribution in [0.3, 0.4) is 0 Å². The Labute approximate surface area is 138 Å². The van der Waals surface area contributed by atoms with Gasteiger partial charge in [0.1, 0.15) is 6.54 Å². The van der Waals surface area contributed by atoms with E-state index in [4.69, 9.17) is 0 Å². The number of aryl methyl sites for hydroxylation is 1. The van der Waals surface area contributed by atoms with Gasteiger partial charge in [-0.1, -0.05) is 6.07 Å². The molecular formula is C14H12BrIN2O2. The van der Waals surface area contributed by atoms with Crippen molar-refractivity contribution in [2.45, 2.75) is 13.5 Å². The molecule has 1 amide bonds. The minimum Gasteiger partial charge on any atom is -0.325 e. The molecule has 104 valence electrons. The van der Waals surface area contributed by atoms with E-state index in [9.17, 15) is 9.59 Å². The average Bonchev–Trinajstić information content (AvgIpc) is 2.38. The molecule has 6 heteroatoms. The number of hydrogen-bond donors (Lipinski definition) is 1. The third kappa shape index (κ3) is 3.92. The van der Waals surface area contributed by atoms with Gasteiger partial charge in [0.15, 0.2) is 0 Å². The number of halogens is 2. The van der Waals surface area contributed by atoms with Crippen LogP contribution in [0, 0.1) is 10.5 Å². The predicted molar refractivity (Wildman–Crippen MR) is 90.9 cm³/mol. The molecule has 1 aromatic carbocycles. The summed E-state index contributed by atoms with van der Waals surface area (Å²) in [6.45, 7) is 2.00. The average molecular weight is 447 g/mol. The lowest BCUT2D eigenvalue weighted by Gasteiger charge is -2.09. The molecule has 2 rings (SSSR count). The number of nitrogens with zero attached hydrogens (tertiary/aromatic N) is 1. The minimum atomic E-state index is -0.232. The summed E-state index contributed by atoms with van der Waals surface area (Å²) in [7, 11) is 0. The third-order valence-corrected chi connectivity index (χ3v) is 4.35. The van der Waals surface area contributed by atoms with Gasteiger partial charge in [-0.3, -0.25) is 9.59 Å². The highest BCUT2D eigenvalue weighted by molar-refractivity contribution is 14.1. The Bertz CT molecular complexity index is 713. The normalized spacial score (nSPS) is 10.3. The van der Waals surface area contributed by atoms with Crippen molar-refractivity contribution in [3.63, 3.8) is 0 Å². The number of carbonyl (C=O) groups is 1. The van der Waals surface area contributed by atoms with Crippen molar-refractivity contribution in [3.05, 3.63) is 60.5 Å². The highest BCUT2D eigenvalue weighted by atomic mass is 127. The minimum absolute atomic E-state index is 0.0112. The molecule has 1 aromatic heterocycles. The molecule has 0 saturated heterocycles. The number of carbonyl (C=O) groups excluding carboxylic acids is 1. The molecule has 0 bridgehead atoms. The van der Waals surface area contributed by atoms with Crippen LogP contribution in [0.2, 0.25) is 0 Å².